The first-order valence-corrected chi connectivity index (χ1v) is 21.0. The summed E-state index contributed by atoms with van der Waals surface area (Å²) in [6, 6.07) is 9.04. The monoisotopic (exact) mass is 957 g/mol. The number of benzene rings is 1. The number of alkyl halides is 7. The number of carbonyl (C=O) groups excluding carboxylic acids is 2. The number of aromatic nitrogens is 9. The number of pyridine rings is 2. The predicted octanol–water partition coefficient (Wildman–Crippen LogP) is 9.23. The van der Waals surface area contributed by atoms with E-state index in [0.717, 1.165) is 44.7 Å². The number of methoxy groups -OCH3 is 1. The van der Waals surface area contributed by atoms with Gasteiger partial charge in [-0.3, -0.25) is 19.3 Å². The van der Waals surface area contributed by atoms with Crippen LogP contribution in [0.25, 0.3) is 16.9 Å². The van der Waals surface area contributed by atoms with Crippen molar-refractivity contribution < 1.29 is 49.8 Å². The maximum Gasteiger partial charge on any atom is 0.417 e. The van der Waals surface area contributed by atoms with E-state index in [0.29, 0.717) is 42.2 Å². The minimum absolute atomic E-state index is 0. The second-order valence-corrected chi connectivity index (χ2v) is 15.4. The number of amides is 2. The molecule has 5 aromatic heterocycles. The van der Waals surface area contributed by atoms with Gasteiger partial charge in [-0.1, -0.05) is 7.43 Å². The van der Waals surface area contributed by atoms with Crippen LogP contribution in [-0.2, 0) is 31.5 Å². The highest BCUT2D eigenvalue weighted by Gasteiger charge is 2.38. The van der Waals surface area contributed by atoms with Crippen LogP contribution < -0.4 is 9.47 Å². The van der Waals surface area contributed by atoms with Gasteiger partial charge in [-0.15, -0.1) is 0 Å². The third kappa shape index (κ3) is 13.3. The molecule has 0 saturated heterocycles. The molecule has 1 aromatic carbocycles. The summed E-state index contributed by atoms with van der Waals surface area (Å²) in [5.41, 5.74) is -1.39. The van der Waals surface area contributed by atoms with Crippen molar-refractivity contribution in [3.8, 4) is 28.6 Å². The molecule has 0 aliphatic heterocycles. The van der Waals surface area contributed by atoms with E-state index in [-0.39, 0.29) is 60.9 Å². The van der Waals surface area contributed by atoms with E-state index in [1.165, 1.54) is 51.2 Å². The minimum Gasteiger partial charge on any atom is -0.497 e. The molecule has 0 N–H and O–H groups in total. The summed E-state index contributed by atoms with van der Waals surface area (Å²) in [6.45, 7) is 9.26. The van der Waals surface area contributed by atoms with Crippen LogP contribution in [0.15, 0.2) is 85.8 Å². The van der Waals surface area contributed by atoms with Crippen molar-refractivity contribution in [2.75, 3.05) is 26.8 Å². The van der Waals surface area contributed by atoms with Crippen LogP contribution in [0.1, 0.15) is 98.8 Å². The summed E-state index contributed by atoms with van der Waals surface area (Å²) in [4.78, 5) is 47.1. The summed E-state index contributed by atoms with van der Waals surface area (Å²) in [5.74, 6) is -5.81. The van der Waals surface area contributed by atoms with Crippen LogP contribution in [0.2, 0.25) is 0 Å². The normalized spacial score (nSPS) is 12.5. The Balaban J connectivity index is 0.000000293. The molecular formula is C46H54F7N11O4. The molecule has 6 rings (SSSR count). The molecule has 2 amide bonds. The highest BCUT2D eigenvalue weighted by atomic mass is 19.4. The Kier molecular flexibility index (Phi) is 17.9. The van der Waals surface area contributed by atoms with Gasteiger partial charge in [-0.25, -0.2) is 32.5 Å². The van der Waals surface area contributed by atoms with Crippen molar-refractivity contribution in [1.82, 2.24) is 54.5 Å². The largest absolute Gasteiger partial charge is 0.497 e. The van der Waals surface area contributed by atoms with E-state index in [2.05, 4.69) is 35.2 Å². The summed E-state index contributed by atoms with van der Waals surface area (Å²) in [7, 11) is 3.10. The summed E-state index contributed by atoms with van der Waals surface area (Å²) in [5, 5.41) is 12.3. The lowest BCUT2D eigenvalue weighted by atomic mass is 10.0. The number of aryl methyl sites for hydroxylation is 2. The average Bonchev–Trinajstić information content (AvgIpc) is 4.00. The van der Waals surface area contributed by atoms with E-state index >= 15 is 0 Å². The maximum absolute atomic E-state index is 13.8. The Bertz CT molecular complexity index is 2560. The molecule has 2 atom stereocenters. The Morgan fingerprint density at radius 1 is 0.765 bits per heavy atom. The van der Waals surface area contributed by atoms with E-state index in [1.54, 1.807) is 51.1 Å². The summed E-state index contributed by atoms with van der Waals surface area (Å²) >= 11 is 0. The number of rotatable bonds is 17. The number of hydrogen-bond donors (Lipinski definition) is 0. The molecule has 0 fully saturated rings. The van der Waals surface area contributed by atoms with Crippen LogP contribution in [0, 0.1) is 0 Å². The van der Waals surface area contributed by atoms with Crippen LogP contribution in [0.3, 0.4) is 0 Å². The molecule has 0 unspecified atom stereocenters. The van der Waals surface area contributed by atoms with Gasteiger partial charge in [0.2, 0.25) is 5.88 Å². The average molecular weight is 958 g/mol. The standard InChI is InChI=1S/C23H24F5N5O2.C22H26F2N6O2.CH4/c1-5-33(14(2)13-35-18-7-6-15(12-30-18)22(3,24)25)21(34)20-19(17-9-11-32(4)31-17)16(8-10-29-20)23(26,27)28;1-5-29(15(2)6-9-20-25-13-16(14-26-20)22(3,23)24)21(31)18-8-7-17(32-4)12-19(18)30-27-10-11-28-30;/h6-12,14H,5,13H2,1-4H3;7-8,10-15H,5-6,9H2,1-4H3;1H4/t14-;15-;/m00./s1. The van der Waals surface area contributed by atoms with Gasteiger partial charge < -0.3 is 19.3 Å². The van der Waals surface area contributed by atoms with Gasteiger partial charge in [0.05, 0.1) is 47.9 Å². The molecule has 5 heterocycles. The third-order valence-corrected chi connectivity index (χ3v) is 10.5. The van der Waals surface area contributed by atoms with E-state index in [4.69, 9.17) is 9.47 Å². The molecule has 0 bridgehead atoms. The fraction of sp³-hybridized carbons (Fsp3) is 0.413. The highest BCUT2D eigenvalue weighted by molar-refractivity contribution is 6.00. The van der Waals surface area contributed by atoms with Crippen molar-refractivity contribution in [2.24, 2.45) is 7.05 Å². The number of halogens is 7. The van der Waals surface area contributed by atoms with Crippen molar-refractivity contribution in [2.45, 2.75) is 91.9 Å². The van der Waals surface area contributed by atoms with Crippen LogP contribution >= 0.6 is 0 Å². The summed E-state index contributed by atoms with van der Waals surface area (Å²) < 4.78 is 107. The van der Waals surface area contributed by atoms with Gasteiger partial charge in [0.25, 0.3) is 23.7 Å². The fourth-order valence-electron chi connectivity index (χ4n) is 6.82. The zero-order chi connectivity index (χ0) is 49.3. The topological polar surface area (TPSA) is 159 Å². The van der Waals surface area contributed by atoms with Gasteiger partial charge in [0.1, 0.15) is 29.6 Å². The number of hydrogen-bond acceptors (Lipinski definition) is 11. The lowest BCUT2D eigenvalue weighted by Crippen LogP contribution is -2.42. The Hall–Kier alpha value is -7.00. The molecule has 0 aliphatic rings. The summed E-state index contributed by atoms with van der Waals surface area (Å²) in [6.07, 6.45) is 5.07. The molecule has 0 spiro atoms. The molecule has 0 saturated carbocycles. The third-order valence-electron chi connectivity index (χ3n) is 10.5. The van der Waals surface area contributed by atoms with Crippen molar-refractivity contribution in [3.63, 3.8) is 0 Å². The molecular weight excluding hydrogens is 904 g/mol. The molecule has 22 heteroatoms. The van der Waals surface area contributed by atoms with Crippen LogP contribution in [0.4, 0.5) is 30.7 Å². The Labute approximate surface area is 389 Å². The van der Waals surface area contributed by atoms with Gasteiger partial charge in [0.15, 0.2) is 0 Å². The first-order chi connectivity index (χ1) is 31.6. The zero-order valence-electron chi connectivity index (χ0n) is 38.0. The predicted molar refractivity (Wildman–Crippen MR) is 238 cm³/mol. The Morgan fingerprint density at radius 3 is 1.91 bits per heavy atom. The second kappa shape index (κ2) is 22.7. The van der Waals surface area contributed by atoms with Crippen molar-refractivity contribution in [1.29, 1.82) is 0 Å². The fourth-order valence-corrected chi connectivity index (χ4v) is 6.82. The van der Waals surface area contributed by atoms with Gasteiger partial charge in [-0.2, -0.15) is 33.3 Å². The van der Waals surface area contributed by atoms with E-state index in [1.807, 2.05) is 13.8 Å². The second-order valence-electron chi connectivity index (χ2n) is 15.4. The smallest absolute Gasteiger partial charge is 0.417 e. The van der Waals surface area contributed by atoms with Gasteiger partial charge >= 0.3 is 6.18 Å². The minimum atomic E-state index is -4.73. The van der Waals surface area contributed by atoms with Crippen molar-refractivity contribution in [3.05, 3.63) is 120 Å². The number of carbonyl (C=O) groups is 2. The van der Waals surface area contributed by atoms with E-state index < -0.39 is 41.1 Å². The van der Waals surface area contributed by atoms with Crippen molar-refractivity contribution >= 4 is 11.8 Å². The number of ether oxygens (including phenoxy) is 2. The molecule has 6 aromatic rings. The zero-order valence-corrected chi connectivity index (χ0v) is 38.0. The molecule has 68 heavy (non-hydrogen) atoms. The lowest BCUT2D eigenvalue weighted by Gasteiger charge is -2.29. The molecule has 366 valence electrons. The van der Waals surface area contributed by atoms with E-state index in [9.17, 15) is 40.3 Å². The SMILES string of the molecule is C.CCN(C(=O)c1ccc(OC)cc1-n1nccn1)[C@@H](C)CCc1ncc(C(C)(F)F)cn1.CCN(C(=O)c1nccc(C(F)(F)F)c1-c1ccn(C)n1)[C@@H](C)COc1ccc(C(C)(F)F)cn1. The van der Waals surface area contributed by atoms with Gasteiger partial charge in [-0.05, 0) is 64.4 Å². The number of likely N-dealkylation sites (N-methyl/N-ethyl adjacent to an activating group) is 1. The molecule has 0 radical (unpaired) electrons. The lowest BCUT2D eigenvalue weighted by molar-refractivity contribution is -0.137. The maximum atomic E-state index is 13.8. The van der Waals surface area contributed by atoms with Gasteiger partial charge in [0, 0.05) is 101 Å². The quantitative estimate of drug-likeness (QED) is 0.0803. The molecule has 15 nitrogen and oxygen atoms in total. The number of nitrogens with zero attached hydrogens (tertiary/aromatic N) is 11. The first kappa shape index (κ1) is 53.6. The Morgan fingerprint density at radius 2 is 1.38 bits per heavy atom. The molecule has 0 aliphatic carbocycles. The highest BCUT2D eigenvalue weighted by Crippen LogP contribution is 2.38. The van der Waals surface area contributed by atoms with Crippen LogP contribution in [-0.4, -0.2) is 105 Å². The first-order valence-electron chi connectivity index (χ1n) is 21.0. The van der Waals surface area contributed by atoms with Crippen LogP contribution in [0.5, 0.6) is 11.6 Å².